The van der Waals surface area contributed by atoms with Gasteiger partial charge >= 0.3 is 0 Å². The molecule has 1 heterocycles. The van der Waals surface area contributed by atoms with Crippen molar-refractivity contribution in [2.45, 2.75) is 59.5 Å². The van der Waals surface area contributed by atoms with E-state index in [2.05, 4.69) is 52.9 Å². The SMILES string of the molecule is CCC(C)(C)NC(C)c1cc(C)sc1C. The fourth-order valence-corrected chi connectivity index (χ4v) is 2.87. The van der Waals surface area contributed by atoms with Gasteiger partial charge in [0.2, 0.25) is 0 Å². The summed E-state index contributed by atoms with van der Waals surface area (Å²) in [4.78, 5) is 2.85. The van der Waals surface area contributed by atoms with Crippen molar-refractivity contribution in [2.75, 3.05) is 0 Å². The number of nitrogens with one attached hydrogen (secondary N) is 1. The highest BCUT2D eigenvalue weighted by atomic mass is 32.1. The first kappa shape index (κ1) is 12.7. The van der Waals surface area contributed by atoms with Crippen molar-refractivity contribution in [3.63, 3.8) is 0 Å². The molecule has 0 saturated heterocycles. The lowest BCUT2D eigenvalue weighted by Gasteiger charge is -2.29. The Bertz CT molecular complexity index is 325. The summed E-state index contributed by atoms with van der Waals surface area (Å²) in [6.45, 7) is 13.4. The molecule has 2 heteroatoms. The van der Waals surface area contributed by atoms with E-state index in [4.69, 9.17) is 0 Å². The maximum Gasteiger partial charge on any atom is 0.0307 e. The number of hydrogen-bond acceptors (Lipinski definition) is 2. The molecule has 0 radical (unpaired) electrons. The minimum atomic E-state index is 0.224. The van der Waals surface area contributed by atoms with Gasteiger partial charge in [0.25, 0.3) is 0 Å². The third-order valence-corrected chi connectivity index (χ3v) is 4.02. The van der Waals surface area contributed by atoms with Gasteiger partial charge in [-0.3, -0.25) is 0 Å². The maximum absolute atomic E-state index is 3.68. The van der Waals surface area contributed by atoms with Crippen molar-refractivity contribution in [3.05, 3.63) is 21.4 Å². The summed E-state index contributed by atoms with van der Waals surface area (Å²) in [5.74, 6) is 0. The topological polar surface area (TPSA) is 12.0 Å². The number of thiophene rings is 1. The Balaban J connectivity index is 2.77. The summed E-state index contributed by atoms with van der Waals surface area (Å²) in [6, 6.07) is 2.76. The number of hydrogen-bond donors (Lipinski definition) is 1. The van der Waals surface area contributed by atoms with E-state index < -0.39 is 0 Å². The van der Waals surface area contributed by atoms with Gasteiger partial charge in [-0.15, -0.1) is 11.3 Å². The van der Waals surface area contributed by atoms with Crippen LogP contribution in [-0.4, -0.2) is 5.54 Å². The van der Waals surface area contributed by atoms with Crippen LogP contribution in [0.25, 0.3) is 0 Å². The molecule has 86 valence electrons. The predicted octanol–water partition coefficient (Wildman–Crippen LogP) is 4.20. The maximum atomic E-state index is 3.68. The van der Waals surface area contributed by atoms with E-state index in [0.717, 1.165) is 6.42 Å². The molecule has 1 rings (SSSR count). The zero-order chi connectivity index (χ0) is 11.6. The van der Waals surface area contributed by atoms with E-state index in [1.54, 1.807) is 0 Å². The van der Waals surface area contributed by atoms with Crippen LogP contribution >= 0.6 is 11.3 Å². The molecule has 1 N–H and O–H groups in total. The Kier molecular flexibility index (Phi) is 3.96. The summed E-state index contributed by atoms with van der Waals surface area (Å²) >= 11 is 1.89. The fourth-order valence-electron chi connectivity index (χ4n) is 1.85. The molecule has 1 atom stereocenters. The molecule has 15 heavy (non-hydrogen) atoms. The Morgan fingerprint density at radius 1 is 1.40 bits per heavy atom. The minimum Gasteiger partial charge on any atom is -0.305 e. The molecule has 0 aliphatic rings. The van der Waals surface area contributed by atoms with Crippen molar-refractivity contribution in [1.82, 2.24) is 5.32 Å². The van der Waals surface area contributed by atoms with Gasteiger partial charge in [-0.2, -0.15) is 0 Å². The normalized spacial score (nSPS) is 14.3. The van der Waals surface area contributed by atoms with Crippen molar-refractivity contribution < 1.29 is 0 Å². The molecule has 0 saturated carbocycles. The summed E-state index contributed by atoms with van der Waals surface area (Å²) in [7, 11) is 0. The van der Waals surface area contributed by atoms with Crippen LogP contribution in [0.3, 0.4) is 0 Å². The monoisotopic (exact) mass is 225 g/mol. The third-order valence-electron chi connectivity index (χ3n) is 3.04. The summed E-state index contributed by atoms with van der Waals surface area (Å²) in [5, 5.41) is 3.68. The van der Waals surface area contributed by atoms with Crippen LogP contribution in [0.2, 0.25) is 0 Å². The van der Waals surface area contributed by atoms with Crippen LogP contribution in [0.15, 0.2) is 6.07 Å². The highest BCUT2D eigenvalue weighted by Crippen LogP contribution is 2.27. The fraction of sp³-hybridized carbons (Fsp3) is 0.692. The number of aryl methyl sites for hydroxylation is 2. The average molecular weight is 225 g/mol. The first-order valence-corrected chi connectivity index (χ1v) is 6.52. The summed E-state index contributed by atoms with van der Waals surface area (Å²) < 4.78 is 0. The van der Waals surface area contributed by atoms with E-state index >= 15 is 0 Å². The average Bonchev–Trinajstić information content (AvgIpc) is 2.45. The van der Waals surface area contributed by atoms with Crippen LogP contribution in [0.5, 0.6) is 0 Å². The second kappa shape index (κ2) is 4.67. The quantitative estimate of drug-likeness (QED) is 0.809. The Labute approximate surface area is 97.9 Å². The molecule has 0 amide bonds. The van der Waals surface area contributed by atoms with Crippen LogP contribution in [0, 0.1) is 13.8 Å². The highest BCUT2D eigenvalue weighted by molar-refractivity contribution is 7.12. The number of rotatable bonds is 4. The molecule has 0 aliphatic carbocycles. The lowest BCUT2D eigenvalue weighted by Crippen LogP contribution is -2.40. The third kappa shape index (κ3) is 3.32. The van der Waals surface area contributed by atoms with Gasteiger partial charge < -0.3 is 5.32 Å². The molecule has 1 aromatic heterocycles. The molecule has 0 aromatic carbocycles. The molecule has 0 aliphatic heterocycles. The van der Waals surface area contributed by atoms with Crippen molar-refractivity contribution in [2.24, 2.45) is 0 Å². The molecule has 0 fully saturated rings. The molecule has 1 unspecified atom stereocenters. The van der Waals surface area contributed by atoms with Crippen LogP contribution in [-0.2, 0) is 0 Å². The van der Waals surface area contributed by atoms with Gasteiger partial charge in [0.05, 0.1) is 0 Å². The van der Waals surface area contributed by atoms with Gasteiger partial charge in [0.15, 0.2) is 0 Å². The molecule has 0 bridgehead atoms. The van der Waals surface area contributed by atoms with Gasteiger partial charge in [-0.05, 0) is 52.7 Å². The molecule has 1 aromatic rings. The van der Waals surface area contributed by atoms with E-state index in [0.29, 0.717) is 6.04 Å². The van der Waals surface area contributed by atoms with Gasteiger partial charge in [-0.1, -0.05) is 6.92 Å². The van der Waals surface area contributed by atoms with Gasteiger partial charge in [0.1, 0.15) is 0 Å². The minimum absolute atomic E-state index is 0.224. The Morgan fingerprint density at radius 3 is 2.40 bits per heavy atom. The zero-order valence-corrected chi connectivity index (χ0v) is 11.6. The highest BCUT2D eigenvalue weighted by Gasteiger charge is 2.20. The lowest BCUT2D eigenvalue weighted by atomic mass is 9.98. The van der Waals surface area contributed by atoms with Crippen LogP contribution in [0.1, 0.15) is 55.5 Å². The van der Waals surface area contributed by atoms with Gasteiger partial charge in [-0.25, -0.2) is 0 Å². The van der Waals surface area contributed by atoms with E-state index in [1.807, 2.05) is 11.3 Å². The Morgan fingerprint density at radius 2 is 2.00 bits per heavy atom. The molecule has 0 spiro atoms. The van der Waals surface area contributed by atoms with Crippen LogP contribution in [0.4, 0.5) is 0 Å². The van der Waals surface area contributed by atoms with Gasteiger partial charge in [0, 0.05) is 21.3 Å². The first-order valence-electron chi connectivity index (χ1n) is 5.70. The molecule has 1 nitrogen and oxygen atoms in total. The smallest absolute Gasteiger partial charge is 0.0307 e. The first-order chi connectivity index (χ1) is 6.85. The van der Waals surface area contributed by atoms with Crippen molar-refractivity contribution in [1.29, 1.82) is 0 Å². The van der Waals surface area contributed by atoms with Crippen molar-refractivity contribution >= 4 is 11.3 Å². The summed E-state index contributed by atoms with van der Waals surface area (Å²) in [5.41, 5.74) is 1.68. The van der Waals surface area contributed by atoms with E-state index in [-0.39, 0.29) is 5.54 Å². The van der Waals surface area contributed by atoms with E-state index in [1.165, 1.54) is 15.3 Å². The summed E-state index contributed by atoms with van der Waals surface area (Å²) in [6.07, 6.45) is 1.15. The largest absolute Gasteiger partial charge is 0.305 e. The predicted molar refractivity (Wildman–Crippen MR) is 69.7 cm³/mol. The van der Waals surface area contributed by atoms with Crippen LogP contribution < -0.4 is 5.32 Å². The second-order valence-corrected chi connectivity index (χ2v) is 6.43. The van der Waals surface area contributed by atoms with E-state index in [9.17, 15) is 0 Å². The standard InChI is InChI=1S/C13H23NS/c1-7-13(5,6)14-10(3)12-8-9(2)15-11(12)4/h8,10,14H,7H2,1-6H3. The second-order valence-electron chi connectivity index (χ2n) is 4.97. The molecular formula is C13H23NS. The lowest BCUT2D eigenvalue weighted by molar-refractivity contribution is 0.337. The molecular weight excluding hydrogens is 202 g/mol. The Hall–Kier alpha value is -0.340. The van der Waals surface area contributed by atoms with Crippen molar-refractivity contribution in [3.8, 4) is 0 Å². The zero-order valence-electron chi connectivity index (χ0n) is 10.8.